The minimum atomic E-state index is -3.35. The molecule has 0 spiro atoms. The molecule has 1 aromatic heterocycles. The van der Waals surface area contributed by atoms with Crippen LogP contribution in [0.3, 0.4) is 0 Å². The molecule has 21 heavy (non-hydrogen) atoms. The van der Waals surface area contributed by atoms with Crippen molar-refractivity contribution >= 4 is 21.6 Å². The summed E-state index contributed by atoms with van der Waals surface area (Å²) in [7, 11) is -3.35. The number of aromatic nitrogens is 1. The van der Waals surface area contributed by atoms with Crippen LogP contribution >= 0.6 is 0 Å². The van der Waals surface area contributed by atoms with Crippen LogP contribution in [0.5, 0.6) is 0 Å². The lowest BCUT2D eigenvalue weighted by Crippen LogP contribution is -2.13. The molecule has 0 bridgehead atoms. The highest BCUT2D eigenvalue weighted by Crippen LogP contribution is 2.28. The predicted octanol–water partition coefficient (Wildman–Crippen LogP) is 1.82. The molecule has 0 saturated carbocycles. The van der Waals surface area contributed by atoms with Crippen LogP contribution in [-0.4, -0.2) is 25.7 Å². The minimum absolute atomic E-state index is 0.109. The van der Waals surface area contributed by atoms with Gasteiger partial charge in [0.05, 0.1) is 10.6 Å². The summed E-state index contributed by atoms with van der Waals surface area (Å²) in [5.74, 6) is -0.0522. The number of carbonyl (C=O) groups is 1. The fourth-order valence-electron chi connectivity index (χ4n) is 2.37. The van der Waals surface area contributed by atoms with Gasteiger partial charge in [0, 0.05) is 17.4 Å². The Balaban J connectivity index is 1.86. The van der Waals surface area contributed by atoms with Gasteiger partial charge in [0.25, 0.3) is 5.91 Å². The van der Waals surface area contributed by atoms with E-state index in [1.54, 1.807) is 6.07 Å². The highest BCUT2D eigenvalue weighted by molar-refractivity contribution is 7.90. The van der Waals surface area contributed by atoms with Gasteiger partial charge in [0.15, 0.2) is 9.84 Å². The molecule has 0 unspecified atom stereocenters. The number of carbonyl (C=O) groups excluding carboxylic acids is 1. The summed E-state index contributed by atoms with van der Waals surface area (Å²) in [6.45, 7) is 0. The summed E-state index contributed by atoms with van der Waals surface area (Å²) in [6, 6.07) is 5.90. The van der Waals surface area contributed by atoms with E-state index in [-0.39, 0.29) is 10.5 Å². The zero-order valence-electron chi connectivity index (χ0n) is 11.4. The van der Waals surface area contributed by atoms with Gasteiger partial charge < -0.3 is 4.52 Å². The maximum absolute atomic E-state index is 12.2. The first kappa shape index (κ1) is 13.8. The molecule has 1 aliphatic carbocycles. The Morgan fingerprint density at radius 1 is 1.33 bits per heavy atom. The fourth-order valence-corrected chi connectivity index (χ4v) is 3.04. The predicted molar refractivity (Wildman–Crippen MR) is 76.0 cm³/mol. The lowest BCUT2D eigenvalue weighted by atomic mass is 10.2. The van der Waals surface area contributed by atoms with Gasteiger partial charge in [0.1, 0.15) is 0 Å². The summed E-state index contributed by atoms with van der Waals surface area (Å²) >= 11 is 0. The zero-order chi connectivity index (χ0) is 15.0. The number of fused-ring (bicyclic) bond motifs is 1. The quantitative estimate of drug-likeness (QED) is 0.934. The van der Waals surface area contributed by atoms with Crippen LogP contribution in [0.4, 0.5) is 5.88 Å². The SMILES string of the molecule is CS(=O)(=O)c1cccc(C(=O)Nc2onc3c2CCC3)c1. The fraction of sp³-hybridized carbons (Fsp3) is 0.286. The van der Waals surface area contributed by atoms with Crippen molar-refractivity contribution < 1.29 is 17.7 Å². The first-order valence-corrected chi connectivity index (χ1v) is 8.43. The third-order valence-electron chi connectivity index (χ3n) is 3.46. The summed E-state index contributed by atoms with van der Waals surface area (Å²) in [4.78, 5) is 12.3. The van der Waals surface area contributed by atoms with Crippen LogP contribution in [0.1, 0.15) is 28.0 Å². The Bertz CT molecular complexity index is 808. The Morgan fingerprint density at radius 2 is 2.14 bits per heavy atom. The van der Waals surface area contributed by atoms with Crippen LogP contribution in [0.2, 0.25) is 0 Å². The van der Waals surface area contributed by atoms with E-state index in [1.807, 2.05) is 0 Å². The third kappa shape index (κ3) is 2.69. The maximum Gasteiger partial charge on any atom is 0.258 e. The lowest BCUT2D eigenvalue weighted by molar-refractivity contribution is 0.102. The molecule has 110 valence electrons. The molecular weight excluding hydrogens is 292 g/mol. The van der Waals surface area contributed by atoms with Crippen LogP contribution in [0, 0.1) is 0 Å². The summed E-state index contributed by atoms with van der Waals surface area (Å²) in [5, 5.41) is 6.57. The van der Waals surface area contributed by atoms with E-state index in [9.17, 15) is 13.2 Å². The normalized spacial score (nSPS) is 14.0. The molecule has 1 heterocycles. The number of aryl methyl sites for hydroxylation is 1. The molecule has 6 nitrogen and oxygen atoms in total. The van der Waals surface area contributed by atoms with Crippen molar-refractivity contribution in [2.45, 2.75) is 24.2 Å². The van der Waals surface area contributed by atoms with Gasteiger partial charge in [0.2, 0.25) is 5.88 Å². The first-order chi connectivity index (χ1) is 9.95. The molecule has 0 aliphatic heterocycles. The maximum atomic E-state index is 12.2. The number of rotatable bonds is 3. The molecule has 1 aliphatic rings. The largest absolute Gasteiger partial charge is 0.338 e. The van der Waals surface area contributed by atoms with Crippen molar-refractivity contribution in [1.82, 2.24) is 5.16 Å². The van der Waals surface area contributed by atoms with E-state index in [1.165, 1.54) is 18.2 Å². The van der Waals surface area contributed by atoms with Gasteiger partial charge in [-0.15, -0.1) is 0 Å². The number of anilines is 1. The second-order valence-corrected chi connectivity index (χ2v) is 7.06. The molecule has 1 aromatic carbocycles. The molecule has 0 fully saturated rings. The van der Waals surface area contributed by atoms with E-state index < -0.39 is 15.7 Å². The van der Waals surface area contributed by atoms with Crippen LogP contribution in [0.25, 0.3) is 0 Å². The highest BCUT2D eigenvalue weighted by atomic mass is 32.2. The van der Waals surface area contributed by atoms with Crippen molar-refractivity contribution in [1.29, 1.82) is 0 Å². The molecule has 2 aromatic rings. The molecule has 0 saturated heterocycles. The molecule has 1 N–H and O–H groups in total. The number of amides is 1. The molecule has 3 rings (SSSR count). The summed E-state index contributed by atoms with van der Waals surface area (Å²) in [5.41, 5.74) is 2.08. The van der Waals surface area contributed by atoms with Gasteiger partial charge in [-0.1, -0.05) is 11.2 Å². The van der Waals surface area contributed by atoms with Crippen LogP contribution in [-0.2, 0) is 22.7 Å². The van der Waals surface area contributed by atoms with E-state index in [2.05, 4.69) is 10.5 Å². The Labute approximate surface area is 122 Å². The molecule has 0 atom stereocenters. The molecule has 0 radical (unpaired) electrons. The van der Waals surface area contributed by atoms with Gasteiger partial charge in [-0.2, -0.15) is 0 Å². The van der Waals surface area contributed by atoms with Gasteiger partial charge in [-0.3, -0.25) is 10.1 Å². The van der Waals surface area contributed by atoms with Gasteiger partial charge in [-0.25, -0.2) is 8.42 Å². The van der Waals surface area contributed by atoms with E-state index in [0.29, 0.717) is 5.88 Å². The number of sulfone groups is 1. The summed E-state index contributed by atoms with van der Waals surface area (Å²) in [6.07, 6.45) is 3.80. The zero-order valence-corrected chi connectivity index (χ0v) is 12.2. The average Bonchev–Trinajstić information content (AvgIpc) is 3.03. The number of hydrogen-bond acceptors (Lipinski definition) is 5. The topological polar surface area (TPSA) is 89.3 Å². The van der Waals surface area contributed by atoms with Crippen molar-refractivity contribution in [2.75, 3.05) is 11.6 Å². The Morgan fingerprint density at radius 3 is 2.90 bits per heavy atom. The minimum Gasteiger partial charge on any atom is -0.338 e. The second kappa shape index (κ2) is 5.00. The van der Waals surface area contributed by atoms with E-state index in [0.717, 1.165) is 36.8 Å². The van der Waals surface area contributed by atoms with Crippen molar-refractivity contribution in [3.8, 4) is 0 Å². The lowest BCUT2D eigenvalue weighted by Gasteiger charge is -2.04. The number of nitrogens with zero attached hydrogens (tertiary/aromatic N) is 1. The number of nitrogens with one attached hydrogen (secondary N) is 1. The monoisotopic (exact) mass is 306 g/mol. The second-order valence-electron chi connectivity index (χ2n) is 5.04. The van der Waals surface area contributed by atoms with Crippen molar-refractivity contribution in [3.05, 3.63) is 41.1 Å². The average molecular weight is 306 g/mol. The standard InChI is InChI=1S/C14H14N2O4S/c1-21(18,19)10-5-2-4-9(8-10)13(17)15-14-11-6-3-7-12(11)16-20-14/h2,4-5,8H,3,6-7H2,1H3,(H,15,17). The summed E-state index contributed by atoms with van der Waals surface area (Å²) < 4.78 is 28.2. The third-order valence-corrected chi connectivity index (χ3v) is 4.57. The first-order valence-electron chi connectivity index (χ1n) is 6.54. The van der Waals surface area contributed by atoms with Crippen LogP contribution < -0.4 is 5.32 Å². The van der Waals surface area contributed by atoms with Gasteiger partial charge >= 0.3 is 0 Å². The Hall–Kier alpha value is -2.15. The van der Waals surface area contributed by atoms with Crippen molar-refractivity contribution in [2.24, 2.45) is 0 Å². The number of hydrogen-bond donors (Lipinski definition) is 1. The highest BCUT2D eigenvalue weighted by Gasteiger charge is 2.22. The Kier molecular flexibility index (Phi) is 3.29. The smallest absolute Gasteiger partial charge is 0.258 e. The van der Waals surface area contributed by atoms with E-state index >= 15 is 0 Å². The molecular formula is C14H14N2O4S. The van der Waals surface area contributed by atoms with Crippen LogP contribution in [0.15, 0.2) is 33.7 Å². The van der Waals surface area contributed by atoms with Crippen molar-refractivity contribution in [3.63, 3.8) is 0 Å². The number of benzene rings is 1. The van der Waals surface area contributed by atoms with E-state index in [4.69, 9.17) is 4.52 Å². The van der Waals surface area contributed by atoms with Gasteiger partial charge in [-0.05, 0) is 37.5 Å². The molecule has 1 amide bonds. The molecule has 7 heteroatoms.